The van der Waals surface area contributed by atoms with E-state index in [4.69, 9.17) is 10.3 Å². The van der Waals surface area contributed by atoms with E-state index in [2.05, 4.69) is 6.58 Å². The van der Waals surface area contributed by atoms with Crippen LogP contribution in [0.1, 0.15) is 25.7 Å². The van der Waals surface area contributed by atoms with E-state index >= 15 is 0 Å². The lowest BCUT2D eigenvalue weighted by atomic mass is 10.0. The van der Waals surface area contributed by atoms with Crippen molar-refractivity contribution < 1.29 is 52.5 Å². The SMILES string of the molecule is C=CCN.O=S(=O)(O)C(F)(F)C(F)(F)C(F)(F)CCCCC(F)(F)F. The molecule has 0 aliphatic rings. The topological polar surface area (TPSA) is 80.4 Å². The molecule has 4 nitrogen and oxygen atoms in total. The average molecular weight is 413 g/mol. The zero-order valence-electron chi connectivity index (χ0n) is 12.5. The van der Waals surface area contributed by atoms with Gasteiger partial charge < -0.3 is 5.73 Å². The fourth-order valence-corrected chi connectivity index (χ4v) is 1.68. The van der Waals surface area contributed by atoms with E-state index in [0.717, 1.165) is 0 Å². The monoisotopic (exact) mass is 413 g/mol. The van der Waals surface area contributed by atoms with E-state index in [9.17, 15) is 47.9 Å². The van der Waals surface area contributed by atoms with Crippen LogP contribution in [0.25, 0.3) is 0 Å². The Hall–Kier alpha value is -1.02. The van der Waals surface area contributed by atoms with Gasteiger partial charge in [0.1, 0.15) is 0 Å². The summed E-state index contributed by atoms with van der Waals surface area (Å²) in [5.74, 6) is -12.1. The third-order valence-corrected chi connectivity index (χ3v) is 3.42. The molecule has 0 rings (SSSR count). The molecule has 0 heterocycles. The van der Waals surface area contributed by atoms with Crippen molar-refractivity contribution in [1.82, 2.24) is 0 Å². The smallest absolute Gasteiger partial charge is 0.327 e. The Morgan fingerprint density at radius 2 is 1.28 bits per heavy atom. The molecule has 25 heavy (non-hydrogen) atoms. The summed E-state index contributed by atoms with van der Waals surface area (Å²) < 4.78 is 140. The van der Waals surface area contributed by atoms with Gasteiger partial charge in [-0.1, -0.05) is 6.08 Å². The zero-order chi connectivity index (χ0) is 20.7. The molecule has 0 aromatic carbocycles. The maximum atomic E-state index is 13.0. The molecule has 0 unspecified atom stereocenters. The summed E-state index contributed by atoms with van der Waals surface area (Å²) in [4.78, 5) is 0. The summed E-state index contributed by atoms with van der Waals surface area (Å²) in [5, 5.41) is -6.48. The van der Waals surface area contributed by atoms with Gasteiger partial charge in [0, 0.05) is 19.4 Å². The summed E-state index contributed by atoms with van der Waals surface area (Å²) in [7, 11) is -6.84. The molecule has 3 N–H and O–H groups in total. The number of hydrogen-bond acceptors (Lipinski definition) is 3. The molecule has 0 radical (unpaired) electrons. The van der Waals surface area contributed by atoms with Gasteiger partial charge in [-0.3, -0.25) is 4.55 Å². The van der Waals surface area contributed by atoms with Crippen LogP contribution in [0, 0.1) is 0 Å². The van der Waals surface area contributed by atoms with E-state index in [1.54, 1.807) is 6.08 Å². The van der Waals surface area contributed by atoms with Crippen molar-refractivity contribution in [3.05, 3.63) is 12.7 Å². The highest BCUT2D eigenvalue weighted by atomic mass is 32.2. The second-order valence-electron chi connectivity index (χ2n) is 4.62. The molecule has 0 amide bonds. The first-order valence-corrected chi connectivity index (χ1v) is 7.79. The Labute approximate surface area is 137 Å². The standard InChI is InChI=1S/C8H9F9O3S.C3H7N/c9-5(10,3-1-2-4-6(11,12)13)7(14,15)8(16,17)21(18,19)20;1-2-3-4/h1-4H2,(H,18,19,20);2H,1,3-4H2. The molecule has 0 fully saturated rings. The highest BCUT2D eigenvalue weighted by Gasteiger charge is 2.76. The van der Waals surface area contributed by atoms with Crippen molar-refractivity contribution in [3.63, 3.8) is 0 Å². The number of halogens is 9. The summed E-state index contributed by atoms with van der Waals surface area (Å²) in [5.41, 5.74) is 4.91. The second kappa shape index (κ2) is 9.07. The first kappa shape index (κ1) is 26.2. The third-order valence-electron chi connectivity index (χ3n) is 2.52. The normalized spacial score (nSPS) is 13.9. The van der Waals surface area contributed by atoms with E-state index in [1.165, 1.54) is 0 Å². The molecule has 0 aliphatic heterocycles. The van der Waals surface area contributed by atoms with Crippen LogP contribution in [0.3, 0.4) is 0 Å². The van der Waals surface area contributed by atoms with Gasteiger partial charge in [-0.2, -0.15) is 47.9 Å². The number of unbranched alkanes of at least 4 members (excludes halogenated alkanes) is 1. The van der Waals surface area contributed by atoms with E-state index in [0.29, 0.717) is 6.54 Å². The lowest BCUT2D eigenvalue weighted by Crippen LogP contribution is -2.57. The number of rotatable bonds is 8. The van der Waals surface area contributed by atoms with Crippen LogP contribution in [0.5, 0.6) is 0 Å². The van der Waals surface area contributed by atoms with Gasteiger partial charge >= 0.3 is 33.4 Å². The largest absolute Gasteiger partial charge is 0.437 e. The van der Waals surface area contributed by atoms with Gasteiger partial charge in [-0.05, 0) is 12.8 Å². The van der Waals surface area contributed by atoms with Crippen molar-refractivity contribution in [1.29, 1.82) is 0 Å². The van der Waals surface area contributed by atoms with Crippen molar-refractivity contribution >= 4 is 10.1 Å². The zero-order valence-corrected chi connectivity index (χ0v) is 13.3. The Morgan fingerprint density at radius 3 is 1.56 bits per heavy atom. The van der Waals surface area contributed by atoms with Crippen molar-refractivity contribution in [2.75, 3.05) is 6.54 Å². The Kier molecular flexibility index (Phi) is 9.51. The minimum Gasteiger partial charge on any atom is -0.327 e. The van der Waals surface area contributed by atoms with Gasteiger partial charge in [-0.25, -0.2) is 0 Å². The molecule has 152 valence electrons. The van der Waals surface area contributed by atoms with Crippen molar-refractivity contribution in [3.8, 4) is 0 Å². The Bertz CT molecular complexity index is 517. The minimum atomic E-state index is -6.84. The summed E-state index contributed by atoms with van der Waals surface area (Å²) in [6.07, 6.45) is -9.03. The van der Waals surface area contributed by atoms with Crippen LogP contribution in [-0.4, -0.2) is 42.8 Å². The van der Waals surface area contributed by atoms with Crippen molar-refractivity contribution in [2.24, 2.45) is 5.73 Å². The van der Waals surface area contributed by atoms with Crippen LogP contribution >= 0.6 is 0 Å². The summed E-state index contributed by atoms with van der Waals surface area (Å²) in [6, 6.07) is 0. The third kappa shape index (κ3) is 7.81. The van der Waals surface area contributed by atoms with Crippen LogP contribution < -0.4 is 5.73 Å². The lowest BCUT2D eigenvalue weighted by Gasteiger charge is -2.30. The van der Waals surface area contributed by atoms with E-state index in [-0.39, 0.29) is 0 Å². The summed E-state index contributed by atoms with van der Waals surface area (Å²) in [6.45, 7) is 3.94. The molecule has 0 atom stereocenters. The molecule has 0 saturated carbocycles. The number of nitrogens with two attached hydrogens (primary N) is 1. The van der Waals surface area contributed by atoms with Crippen LogP contribution in [0.15, 0.2) is 12.7 Å². The fourth-order valence-electron chi connectivity index (χ4n) is 1.20. The second-order valence-corrected chi connectivity index (χ2v) is 6.08. The molecular weight excluding hydrogens is 397 g/mol. The Morgan fingerprint density at radius 1 is 0.920 bits per heavy atom. The molecule has 0 aromatic rings. The number of hydrogen-bond donors (Lipinski definition) is 2. The molecule has 0 spiro atoms. The molecule has 0 saturated heterocycles. The molecule has 14 heteroatoms. The van der Waals surface area contributed by atoms with Gasteiger partial charge in [0.2, 0.25) is 0 Å². The Balaban J connectivity index is 0. The maximum absolute atomic E-state index is 13.0. The highest BCUT2D eigenvalue weighted by molar-refractivity contribution is 7.87. The fraction of sp³-hybridized carbons (Fsp3) is 0.818. The van der Waals surface area contributed by atoms with Crippen LogP contribution in [0.2, 0.25) is 0 Å². The maximum Gasteiger partial charge on any atom is 0.437 e. The first-order chi connectivity index (χ1) is 10.9. The first-order valence-electron chi connectivity index (χ1n) is 6.35. The average Bonchev–Trinajstić information content (AvgIpc) is 2.41. The van der Waals surface area contributed by atoms with Gasteiger partial charge in [0.15, 0.2) is 0 Å². The molecule has 0 aromatic heterocycles. The molecular formula is C11H16F9NO3S. The lowest BCUT2D eigenvalue weighted by molar-refractivity contribution is -0.283. The van der Waals surface area contributed by atoms with Crippen LogP contribution in [-0.2, 0) is 10.1 Å². The predicted octanol–water partition coefficient (Wildman–Crippen LogP) is 3.99. The van der Waals surface area contributed by atoms with Crippen molar-refractivity contribution in [2.45, 2.75) is 49.0 Å². The van der Waals surface area contributed by atoms with E-state index < -0.39 is 59.1 Å². The van der Waals surface area contributed by atoms with Gasteiger partial charge in [0.05, 0.1) is 0 Å². The van der Waals surface area contributed by atoms with Gasteiger partial charge in [-0.15, -0.1) is 6.58 Å². The van der Waals surface area contributed by atoms with E-state index in [1.807, 2.05) is 0 Å². The minimum absolute atomic E-state index is 0.583. The summed E-state index contributed by atoms with van der Waals surface area (Å²) >= 11 is 0. The van der Waals surface area contributed by atoms with Crippen LogP contribution in [0.4, 0.5) is 39.5 Å². The molecule has 0 aliphatic carbocycles. The predicted molar refractivity (Wildman–Crippen MR) is 70.2 cm³/mol. The highest BCUT2D eigenvalue weighted by Crippen LogP contribution is 2.50. The molecule has 0 bridgehead atoms. The van der Waals surface area contributed by atoms with Gasteiger partial charge in [0.25, 0.3) is 0 Å². The quantitative estimate of drug-likeness (QED) is 0.273. The number of alkyl halides is 9.